The Morgan fingerprint density at radius 3 is 1.93 bits per heavy atom. The average molecular weight is 739 g/mol. The number of fused-ring (bicyclic) bond motifs is 3. The van der Waals surface area contributed by atoms with Crippen molar-refractivity contribution in [3.05, 3.63) is 192 Å². The Balaban J connectivity index is 1.21. The summed E-state index contributed by atoms with van der Waals surface area (Å²) in [6.45, 7) is 17.3. The van der Waals surface area contributed by atoms with E-state index in [1.165, 1.54) is 93.5 Å². The Labute approximate surface area is 340 Å². The first-order valence-corrected chi connectivity index (χ1v) is 21.1. The van der Waals surface area contributed by atoms with Crippen molar-refractivity contribution in [3.8, 4) is 22.3 Å². The number of aryl methyl sites for hydroxylation is 1. The molecule has 1 aliphatic carbocycles. The summed E-state index contributed by atoms with van der Waals surface area (Å²) in [6, 6.07) is 54.0. The van der Waals surface area contributed by atoms with Gasteiger partial charge in [0.25, 0.3) is 0 Å². The Morgan fingerprint density at radius 2 is 1.23 bits per heavy atom. The fraction of sp³-hybridized carbons (Fsp3) is 0.228. The molecule has 0 bridgehead atoms. The largest absolute Gasteiger partial charge is 0.0985 e. The fourth-order valence-electron chi connectivity index (χ4n) is 10.3. The van der Waals surface area contributed by atoms with Gasteiger partial charge in [0.05, 0.1) is 0 Å². The molecule has 0 N–H and O–H groups in total. The van der Waals surface area contributed by atoms with Gasteiger partial charge < -0.3 is 0 Å². The Morgan fingerprint density at radius 1 is 0.596 bits per heavy atom. The van der Waals surface area contributed by atoms with Crippen molar-refractivity contribution in [3.63, 3.8) is 0 Å². The van der Waals surface area contributed by atoms with E-state index in [9.17, 15) is 0 Å². The van der Waals surface area contributed by atoms with Gasteiger partial charge in [-0.25, -0.2) is 0 Å². The number of hydrogen-bond acceptors (Lipinski definition) is 0. The van der Waals surface area contributed by atoms with E-state index in [0.717, 1.165) is 38.5 Å². The van der Waals surface area contributed by atoms with Crippen LogP contribution in [0.3, 0.4) is 0 Å². The molecule has 282 valence electrons. The highest BCUT2D eigenvalue weighted by Gasteiger charge is 2.48. The zero-order valence-electron chi connectivity index (χ0n) is 34.2. The molecule has 0 aromatic heterocycles. The normalized spacial score (nSPS) is 15.6. The molecule has 0 heterocycles. The first-order valence-electron chi connectivity index (χ1n) is 21.1. The Hall–Kier alpha value is -5.72. The molecule has 1 aliphatic rings. The minimum atomic E-state index is -0.173. The van der Waals surface area contributed by atoms with E-state index in [-0.39, 0.29) is 10.8 Å². The summed E-state index contributed by atoms with van der Waals surface area (Å²) in [6.07, 6.45) is 10.6. The molecule has 0 amide bonds. The second-order valence-corrected chi connectivity index (χ2v) is 17.6. The maximum absolute atomic E-state index is 4.07. The van der Waals surface area contributed by atoms with E-state index in [2.05, 4.69) is 180 Å². The predicted octanol–water partition coefficient (Wildman–Crippen LogP) is 16.1. The zero-order chi connectivity index (χ0) is 39.3. The molecular formula is C57H54. The van der Waals surface area contributed by atoms with Crippen molar-refractivity contribution in [2.75, 3.05) is 0 Å². The highest BCUT2D eigenvalue weighted by atomic mass is 14.5. The molecular weight excluding hydrogens is 685 g/mol. The lowest BCUT2D eigenvalue weighted by Gasteiger charge is -2.41. The third-order valence-corrected chi connectivity index (χ3v) is 13.2. The molecule has 0 saturated heterocycles. The monoisotopic (exact) mass is 738 g/mol. The van der Waals surface area contributed by atoms with Gasteiger partial charge in [-0.3, -0.25) is 0 Å². The SMILES string of the molecule is C=Cc1ccc(CCCCC2(C(CCC)c3ccc(C=C)cc3)c3ccccc3-c3ccc(-c4ccc5ccc6cc(C(C)(C)C)cc7ccc4c5c67)cc32)cc1. The van der Waals surface area contributed by atoms with Crippen LogP contribution in [0.15, 0.2) is 153 Å². The Kier molecular flexibility index (Phi) is 9.48. The smallest absolute Gasteiger partial charge is 0.0283 e. The fourth-order valence-corrected chi connectivity index (χ4v) is 10.3. The van der Waals surface area contributed by atoms with E-state index >= 15 is 0 Å². The highest BCUT2D eigenvalue weighted by Crippen LogP contribution is 2.60. The number of benzene rings is 8. The predicted molar refractivity (Wildman–Crippen MR) is 249 cm³/mol. The minimum Gasteiger partial charge on any atom is -0.0985 e. The van der Waals surface area contributed by atoms with Gasteiger partial charge in [0.2, 0.25) is 0 Å². The average Bonchev–Trinajstić information content (AvgIpc) is 3.52. The van der Waals surface area contributed by atoms with Crippen LogP contribution in [-0.2, 0) is 17.3 Å². The molecule has 57 heavy (non-hydrogen) atoms. The molecule has 2 atom stereocenters. The second-order valence-electron chi connectivity index (χ2n) is 17.6. The second kappa shape index (κ2) is 14.7. The lowest BCUT2D eigenvalue weighted by Crippen LogP contribution is -2.33. The van der Waals surface area contributed by atoms with Crippen LogP contribution in [0.1, 0.15) is 105 Å². The standard InChI is InChI=1S/C57H54/c1-7-14-51(41-24-22-39(9-3)23-25-41)57(34-13-12-15-40-20-18-38(8-2)19-21-40)52-17-11-10-16-48(52)49-32-29-43(37-53(49)57)47-31-28-42-26-27-44-35-46(56(4,5)6)36-45-30-33-50(47)55(42)54(44)45/h8-11,16-33,35-37,51H,2-3,7,12-15,34H2,1,4-6H3. The molecule has 8 aromatic rings. The van der Waals surface area contributed by atoms with Crippen LogP contribution in [0, 0.1) is 0 Å². The zero-order valence-corrected chi connectivity index (χ0v) is 34.2. The third kappa shape index (κ3) is 6.31. The van der Waals surface area contributed by atoms with E-state index in [1.54, 1.807) is 0 Å². The summed E-state index contributed by atoms with van der Waals surface area (Å²) in [5.41, 5.74) is 14.9. The molecule has 0 radical (unpaired) electrons. The van der Waals surface area contributed by atoms with Crippen LogP contribution in [0.4, 0.5) is 0 Å². The van der Waals surface area contributed by atoms with Crippen molar-refractivity contribution in [1.29, 1.82) is 0 Å². The van der Waals surface area contributed by atoms with Crippen molar-refractivity contribution in [1.82, 2.24) is 0 Å². The van der Waals surface area contributed by atoms with Gasteiger partial charge in [0.15, 0.2) is 0 Å². The maximum atomic E-state index is 4.07. The van der Waals surface area contributed by atoms with Crippen LogP contribution in [0.5, 0.6) is 0 Å². The molecule has 0 saturated carbocycles. The van der Waals surface area contributed by atoms with E-state index < -0.39 is 0 Å². The lowest BCUT2D eigenvalue weighted by atomic mass is 9.61. The molecule has 0 fully saturated rings. The minimum absolute atomic E-state index is 0.0878. The first-order chi connectivity index (χ1) is 27.7. The third-order valence-electron chi connectivity index (χ3n) is 13.2. The topological polar surface area (TPSA) is 0 Å². The molecule has 2 unspecified atom stereocenters. The van der Waals surface area contributed by atoms with Gasteiger partial charge in [-0.05, 0) is 137 Å². The summed E-state index contributed by atoms with van der Waals surface area (Å²) in [7, 11) is 0. The van der Waals surface area contributed by atoms with Crippen molar-refractivity contribution in [2.45, 2.75) is 83.0 Å². The van der Waals surface area contributed by atoms with E-state index in [1.807, 2.05) is 12.2 Å². The van der Waals surface area contributed by atoms with E-state index in [0.29, 0.717) is 5.92 Å². The van der Waals surface area contributed by atoms with Gasteiger partial charge in [-0.15, -0.1) is 0 Å². The van der Waals surface area contributed by atoms with Crippen LogP contribution in [0.25, 0.3) is 66.7 Å². The molecule has 8 aromatic carbocycles. The first kappa shape index (κ1) is 36.9. The molecule has 0 nitrogen and oxygen atoms in total. The molecule has 0 spiro atoms. The number of rotatable bonds is 12. The number of unbranched alkanes of at least 4 members (excludes halogenated alkanes) is 1. The van der Waals surface area contributed by atoms with Crippen LogP contribution >= 0.6 is 0 Å². The van der Waals surface area contributed by atoms with E-state index in [4.69, 9.17) is 0 Å². The van der Waals surface area contributed by atoms with Gasteiger partial charge in [-0.1, -0.05) is 199 Å². The summed E-state index contributed by atoms with van der Waals surface area (Å²) in [4.78, 5) is 0. The summed E-state index contributed by atoms with van der Waals surface area (Å²) in [5.74, 6) is 0.323. The molecule has 0 heteroatoms. The summed E-state index contributed by atoms with van der Waals surface area (Å²) >= 11 is 0. The molecule has 9 rings (SSSR count). The number of hydrogen-bond donors (Lipinski definition) is 0. The van der Waals surface area contributed by atoms with Crippen LogP contribution in [0.2, 0.25) is 0 Å². The van der Waals surface area contributed by atoms with Crippen LogP contribution in [-0.4, -0.2) is 0 Å². The highest BCUT2D eigenvalue weighted by molar-refractivity contribution is 6.25. The Bertz CT molecular complexity index is 2730. The van der Waals surface area contributed by atoms with Gasteiger partial charge in [-0.2, -0.15) is 0 Å². The maximum Gasteiger partial charge on any atom is 0.0283 e. The summed E-state index contributed by atoms with van der Waals surface area (Å²) < 4.78 is 0. The van der Waals surface area contributed by atoms with Gasteiger partial charge >= 0.3 is 0 Å². The van der Waals surface area contributed by atoms with Gasteiger partial charge in [0.1, 0.15) is 0 Å². The quantitative estimate of drug-likeness (QED) is 0.0865. The molecule has 0 aliphatic heterocycles. The van der Waals surface area contributed by atoms with Crippen molar-refractivity contribution < 1.29 is 0 Å². The van der Waals surface area contributed by atoms with Crippen molar-refractivity contribution >= 4 is 44.5 Å². The van der Waals surface area contributed by atoms with Crippen LogP contribution < -0.4 is 0 Å². The lowest BCUT2D eigenvalue weighted by molar-refractivity contribution is 0.355. The van der Waals surface area contributed by atoms with Crippen molar-refractivity contribution in [2.24, 2.45) is 0 Å². The van der Waals surface area contributed by atoms with Gasteiger partial charge in [0, 0.05) is 5.41 Å². The summed E-state index contributed by atoms with van der Waals surface area (Å²) in [5, 5.41) is 8.07.